The third kappa shape index (κ3) is 61.3. The predicted molar refractivity (Wildman–Crippen MR) is 325 cm³/mol. The van der Waals surface area contributed by atoms with Crippen LogP contribution in [0, 0.1) is 0 Å². The highest BCUT2D eigenvalue weighted by Crippen LogP contribution is 2.16. The lowest BCUT2D eigenvalue weighted by Crippen LogP contribution is -2.30. The monoisotopic (exact) mass is 1040 g/mol. The third-order valence-corrected chi connectivity index (χ3v) is 13.8. The molecule has 0 heterocycles. The zero-order valence-corrected chi connectivity index (χ0v) is 49.6. The standard InChI is InChI=1S/C69H120O6/c1-4-7-10-13-16-19-22-25-28-30-32-33-34-35-37-38-41-44-47-50-53-56-59-62-68(71)74-65-66(64-73-67(70)61-58-55-52-49-46-43-40-27-24-21-18-15-12-9-6-3)75-69(72)63-60-57-54-51-48-45-42-39-36-31-29-26-23-20-17-14-11-8-5-2/h17-18,20-22,25-27,29-30,32,34-35,40,66H,4-16,19,23-24,28,31,33,36-39,41-65H2,1-3H3/b20-17-,21-18-,25-22-,29-26-,32-30-,35-34-,40-27-. The fourth-order valence-corrected chi connectivity index (χ4v) is 8.98. The van der Waals surface area contributed by atoms with Crippen molar-refractivity contribution in [2.45, 2.75) is 322 Å². The van der Waals surface area contributed by atoms with Gasteiger partial charge in [-0.3, -0.25) is 14.4 Å². The topological polar surface area (TPSA) is 78.9 Å². The molecule has 6 heteroatoms. The second-order valence-electron chi connectivity index (χ2n) is 21.3. The molecule has 0 aromatic carbocycles. The van der Waals surface area contributed by atoms with Gasteiger partial charge in [-0.1, -0.05) is 260 Å². The van der Waals surface area contributed by atoms with Gasteiger partial charge in [0.1, 0.15) is 13.2 Å². The molecule has 0 aromatic heterocycles. The largest absolute Gasteiger partial charge is 0.462 e. The number of carbonyl (C=O) groups excluding carboxylic acids is 3. The minimum absolute atomic E-state index is 0.0861. The molecule has 75 heavy (non-hydrogen) atoms. The normalized spacial score (nSPS) is 12.6. The molecule has 0 radical (unpaired) electrons. The van der Waals surface area contributed by atoms with Crippen LogP contribution in [0.1, 0.15) is 316 Å². The molecule has 0 amide bonds. The van der Waals surface area contributed by atoms with E-state index in [-0.39, 0.29) is 31.1 Å². The first-order chi connectivity index (χ1) is 37.0. The van der Waals surface area contributed by atoms with E-state index in [1.165, 1.54) is 173 Å². The lowest BCUT2D eigenvalue weighted by atomic mass is 10.1. The molecule has 0 fully saturated rings. The van der Waals surface area contributed by atoms with E-state index < -0.39 is 6.10 Å². The Morgan fingerprint density at radius 2 is 0.480 bits per heavy atom. The number of ether oxygens (including phenoxy) is 3. The van der Waals surface area contributed by atoms with Crippen LogP contribution in [0.15, 0.2) is 85.1 Å². The molecule has 0 saturated heterocycles. The van der Waals surface area contributed by atoms with Crippen molar-refractivity contribution in [2.24, 2.45) is 0 Å². The van der Waals surface area contributed by atoms with Crippen LogP contribution in [0.5, 0.6) is 0 Å². The molecule has 0 aliphatic rings. The van der Waals surface area contributed by atoms with E-state index in [4.69, 9.17) is 14.2 Å². The third-order valence-electron chi connectivity index (χ3n) is 13.8. The first-order valence-corrected chi connectivity index (χ1v) is 32.1. The van der Waals surface area contributed by atoms with Crippen LogP contribution in [-0.2, 0) is 28.6 Å². The fraction of sp³-hybridized carbons (Fsp3) is 0.754. The molecule has 0 aliphatic carbocycles. The summed E-state index contributed by atoms with van der Waals surface area (Å²) >= 11 is 0. The number of hydrogen-bond donors (Lipinski definition) is 0. The maximum atomic E-state index is 12.9. The molecule has 0 bridgehead atoms. The Hall–Kier alpha value is -3.41. The number of rotatable bonds is 58. The number of carbonyl (C=O) groups is 3. The summed E-state index contributed by atoms with van der Waals surface area (Å²) in [5, 5.41) is 0. The first kappa shape index (κ1) is 71.6. The molecule has 0 spiro atoms. The predicted octanol–water partition coefficient (Wildman–Crippen LogP) is 21.9. The van der Waals surface area contributed by atoms with Gasteiger partial charge in [0.2, 0.25) is 0 Å². The maximum Gasteiger partial charge on any atom is 0.306 e. The Morgan fingerprint density at radius 1 is 0.267 bits per heavy atom. The minimum Gasteiger partial charge on any atom is -0.462 e. The maximum absolute atomic E-state index is 12.9. The van der Waals surface area contributed by atoms with E-state index in [1.807, 2.05) is 0 Å². The molecular formula is C69H120O6. The summed E-state index contributed by atoms with van der Waals surface area (Å²) in [6, 6.07) is 0. The number of unbranched alkanes of at least 4 members (excludes halogenated alkanes) is 33. The van der Waals surface area contributed by atoms with Crippen molar-refractivity contribution in [3.8, 4) is 0 Å². The zero-order valence-electron chi connectivity index (χ0n) is 49.6. The molecular weight excluding hydrogens is 925 g/mol. The van der Waals surface area contributed by atoms with E-state index in [0.29, 0.717) is 19.3 Å². The van der Waals surface area contributed by atoms with E-state index in [9.17, 15) is 14.4 Å². The molecule has 0 aromatic rings. The molecule has 0 N–H and O–H groups in total. The first-order valence-electron chi connectivity index (χ1n) is 32.1. The van der Waals surface area contributed by atoms with Crippen LogP contribution in [0.4, 0.5) is 0 Å². The van der Waals surface area contributed by atoms with Crippen molar-refractivity contribution in [2.75, 3.05) is 13.2 Å². The van der Waals surface area contributed by atoms with Crippen LogP contribution in [0.25, 0.3) is 0 Å². The molecule has 1 atom stereocenters. The second-order valence-corrected chi connectivity index (χ2v) is 21.3. The van der Waals surface area contributed by atoms with E-state index in [0.717, 1.165) is 103 Å². The van der Waals surface area contributed by atoms with Gasteiger partial charge in [0, 0.05) is 19.3 Å². The van der Waals surface area contributed by atoms with Crippen molar-refractivity contribution < 1.29 is 28.6 Å². The van der Waals surface area contributed by atoms with Gasteiger partial charge in [-0.15, -0.1) is 0 Å². The summed E-state index contributed by atoms with van der Waals surface area (Å²) < 4.78 is 16.9. The highest BCUT2D eigenvalue weighted by Gasteiger charge is 2.19. The van der Waals surface area contributed by atoms with Crippen molar-refractivity contribution in [3.05, 3.63) is 85.1 Å². The van der Waals surface area contributed by atoms with Gasteiger partial charge in [0.15, 0.2) is 6.10 Å². The highest BCUT2D eigenvalue weighted by molar-refractivity contribution is 5.71. The molecule has 1 unspecified atom stereocenters. The summed E-state index contributed by atoms with van der Waals surface area (Å²) in [5.41, 5.74) is 0. The Kier molecular flexibility index (Phi) is 60.3. The quantitative estimate of drug-likeness (QED) is 0.0261. The second kappa shape index (κ2) is 63.1. The van der Waals surface area contributed by atoms with Crippen molar-refractivity contribution in [1.29, 1.82) is 0 Å². The van der Waals surface area contributed by atoms with E-state index in [2.05, 4.69) is 106 Å². The van der Waals surface area contributed by atoms with Gasteiger partial charge in [-0.05, 0) is 122 Å². The smallest absolute Gasteiger partial charge is 0.306 e. The van der Waals surface area contributed by atoms with Crippen LogP contribution >= 0.6 is 0 Å². The average molecular weight is 1050 g/mol. The summed E-state index contributed by atoms with van der Waals surface area (Å²) in [4.78, 5) is 38.3. The van der Waals surface area contributed by atoms with Crippen molar-refractivity contribution >= 4 is 17.9 Å². The zero-order chi connectivity index (χ0) is 54.3. The minimum atomic E-state index is -0.790. The summed E-state index contributed by atoms with van der Waals surface area (Å²) in [5.74, 6) is -0.900. The van der Waals surface area contributed by atoms with Gasteiger partial charge in [-0.25, -0.2) is 0 Å². The van der Waals surface area contributed by atoms with Gasteiger partial charge in [0.05, 0.1) is 0 Å². The highest BCUT2D eigenvalue weighted by atomic mass is 16.6. The molecule has 432 valence electrons. The SMILES string of the molecule is CCCCC/C=C\C/C=C\CCCCCCCCCCCC(=O)OC(COC(=O)CCCCCCC/C=C\C/C=C\CCCCC)COC(=O)CCCCCCCCCC/C=C\C/C=C\C/C=C\CCCCCCC. The van der Waals surface area contributed by atoms with Crippen LogP contribution in [-0.4, -0.2) is 37.2 Å². The number of allylic oxidation sites excluding steroid dienone is 14. The van der Waals surface area contributed by atoms with Gasteiger partial charge < -0.3 is 14.2 Å². The lowest BCUT2D eigenvalue weighted by Gasteiger charge is -2.18. The fourth-order valence-electron chi connectivity index (χ4n) is 8.98. The molecule has 0 saturated carbocycles. The number of hydrogen-bond acceptors (Lipinski definition) is 6. The molecule has 6 nitrogen and oxygen atoms in total. The number of esters is 3. The Bertz CT molecular complexity index is 1430. The van der Waals surface area contributed by atoms with E-state index in [1.54, 1.807) is 0 Å². The van der Waals surface area contributed by atoms with Gasteiger partial charge >= 0.3 is 17.9 Å². The van der Waals surface area contributed by atoms with Crippen LogP contribution in [0.3, 0.4) is 0 Å². The summed E-state index contributed by atoms with van der Waals surface area (Å²) in [6.45, 7) is 6.58. The molecule has 0 rings (SSSR count). The Balaban J connectivity index is 4.39. The lowest BCUT2D eigenvalue weighted by molar-refractivity contribution is -0.167. The average Bonchev–Trinajstić information content (AvgIpc) is 3.41. The van der Waals surface area contributed by atoms with Crippen molar-refractivity contribution in [1.82, 2.24) is 0 Å². The van der Waals surface area contributed by atoms with Crippen LogP contribution in [0.2, 0.25) is 0 Å². The van der Waals surface area contributed by atoms with Crippen LogP contribution < -0.4 is 0 Å². The summed E-state index contributed by atoms with van der Waals surface area (Å²) in [6.07, 6.45) is 82.9. The molecule has 0 aliphatic heterocycles. The Labute approximate surface area is 465 Å². The van der Waals surface area contributed by atoms with E-state index >= 15 is 0 Å². The summed E-state index contributed by atoms with van der Waals surface area (Å²) in [7, 11) is 0. The van der Waals surface area contributed by atoms with Crippen molar-refractivity contribution in [3.63, 3.8) is 0 Å². The Morgan fingerprint density at radius 3 is 0.773 bits per heavy atom. The van der Waals surface area contributed by atoms with Gasteiger partial charge in [0.25, 0.3) is 0 Å². The van der Waals surface area contributed by atoms with Gasteiger partial charge in [-0.2, -0.15) is 0 Å².